The Morgan fingerprint density at radius 1 is 1.32 bits per heavy atom. The number of amides is 1. The van der Waals surface area contributed by atoms with Crippen molar-refractivity contribution >= 4 is 5.91 Å². The number of hydrogen-bond acceptors (Lipinski definition) is 2. The van der Waals surface area contributed by atoms with Crippen molar-refractivity contribution < 1.29 is 9.18 Å². The van der Waals surface area contributed by atoms with Crippen molar-refractivity contribution in [1.29, 1.82) is 0 Å². The summed E-state index contributed by atoms with van der Waals surface area (Å²) in [5.41, 5.74) is -0.0405. The molecule has 0 radical (unpaired) electrons. The summed E-state index contributed by atoms with van der Waals surface area (Å²) < 4.78 is 14.4. The number of benzene rings is 1. The Labute approximate surface area is 131 Å². The lowest BCUT2D eigenvalue weighted by Gasteiger charge is -2.38. The van der Waals surface area contributed by atoms with Crippen LogP contribution < -0.4 is 5.32 Å². The normalized spacial score (nSPS) is 29.4. The summed E-state index contributed by atoms with van der Waals surface area (Å²) in [6.07, 6.45) is 1.80. The van der Waals surface area contributed by atoms with Gasteiger partial charge in [-0.3, -0.25) is 4.79 Å². The molecular weight excluding hydrogens is 279 g/mol. The van der Waals surface area contributed by atoms with Crippen LogP contribution in [-0.4, -0.2) is 36.0 Å². The number of likely N-dealkylation sites (tertiary alicyclic amines) is 1. The second-order valence-corrected chi connectivity index (χ2v) is 7.60. The van der Waals surface area contributed by atoms with E-state index >= 15 is 0 Å². The fourth-order valence-corrected chi connectivity index (χ4v) is 4.00. The zero-order valence-corrected chi connectivity index (χ0v) is 13.7. The summed E-state index contributed by atoms with van der Waals surface area (Å²) in [5.74, 6) is -0.0883. The highest BCUT2D eigenvalue weighted by atomic mass is 19.1. The van der Waals surface area contributed by atoms with Gasteiger partial charge < -0.3 is 10.2 Å². The largest absolute Gasteiger partial charge is 0.337 e. The number of carbonyl (C=O) groups is 1. The van der Waals surface area contributed by atoms with Gasteiger partial charge in [-0.15, -0.1) is 0 Å². The maximum atomic E-state index is 14.4. The third kappa shape index (κ3) is 2.34. The van der Waals surface area contributed by atoms with Crippen LogP contribution in [-0.2, 0) is 4.79 Å². The first kappa shape index (κ1) is 15.5. The minimum absolute atomic E-state index is 0.0757. The second kappa shape index (κ2) is 5.34. The highest BCUT2D eigenvalue weighted by molar-refractivity contribution is 5.87. The molecule has 0 aliphatic carbocycles. The molecule has 2 fully saturated rings. The highest BCUT2D eigenvalue weighted by Crippen LogP contribution is 2.50. The molecule has 2 saturated heterocycles. The van der Waals surface area contributed by atoms with Crippen LogP contribution in [0.5, 0.6) is 0 Å². The number of rotatable bonds is 1. The van der Waals surface area contributed by atoms with E-state index in [0.717, 1.165) is 19.4 Å². The van der Waals surface area contributed by atoms with E-state index in [-0.39, 0.29) is 23.2 Å². The van der Waals surface area contributed by atoms with E-state index in [1.165, 1.54) is 6.07 Å². The number of nitrogens with zero attached hydrogens (tertiary/aromatic N) is 1. The summed E-state index contributed by atoms with van der Waals surface area (Å²) in [7, 11) is 0. The van der Waals surface area contributed by atoms with Gasteiger partial charge in [0, 0.05) is 24.5 Å². The van der Waals surface area contributed by atoms with E-state index in [4.69, 9.17) is 0 Å². The summed E-state index contributed by atoms with van der Waals surface area (Å²) >= 11 is 0. The van der Waals surface area contributed by atoms with Gasteiger partial charge >= 0.3 is 0 Å². The number of halogens is 1. The van der Waals surface area contributed by atoms with E-state index in [2.05, 4.69) is 26.1 Å². The van der Waals surface area contributed by atoms with E-state index in [0.29, 0.717) is 18.7 Å². The van der Waals surface area contributed by atoms with Gasteiger partial charge in [0.15, 0.2) is 0 Å². The smallest absolute Gasteiger partial charge is 0.231 e. The van der Waals surface area contributed by atoms with Crippen LogP contribution >= 0.6 is 0 Å². The van der Waals surface area contributed by atoms with Gasteiger partial charge in [-0.1, -0.05) is 18.2 Å². The first-order valence-electron chi connectivity index (χ1n) is 8.13. The van der Waals surface area contributed by atoms with Crippen LogP contribution in [0.4, 0.5) is 4.39 Å². The topological polar surface area (TPSA) is 32.3 Å². The van der Waals surface area contributed by atoms with Gasteiger partial charge in [0.25, 0.3) is 0 Å². The van der Waals surface area contributed by atoms with Crippen molar-refractivity contribution in [2.24, 2.45) is 5.41 Å². The van der Waals surface area contributed by atoms with E-state index in [1.807, 2.05) is 17.0 Å². The zero-order chi connectivity index (χ0) is 16.0. The molecule has 2 aliphatic heterocycles. The minimum atomic E-state index is -0.492. The highest BCUT2D eigenvalue weighted by Gasteiger charge is 2.56. The number of carbonyl (C=O) groups excluding carboxylic acids is 1. The lowest BCUT2D eigenvalue weighted by atomic mass is 9.69. The Balaban J connectivity index is 2.06. The molecular formula is C18H25FN2O. The molecule has 0 bridgehead atoms. The number of hydrogen-bond donors (Lipinski definition) is 1. The van der Waals surface area contributed by atoms with Crippen LogP contribution in [0.2, 0.25) is 0 Å². The van der Waals surface area contributed by atoms with Crippen molar-refractivity contribution in [2.75, 3.05) is 19.6 Å². The van der Waals surface area contributed by atoms with E-state index in [9.17, 15) is 9.18 Å². The Morgan fingerprint density at radius 3 is 2.64 bits per heavy atom. The molecule has 22 heavy (non-hydrogen) atoms. The summed E-state index contributed by atoms with van der Waals surface area (Å²) in [5, 5.41) is 3.37. The molecule has 2 heterocycles. The molecule has 0 unspecified atom stereocenters. The summed E-state index contributed by atoms with van der Waals surface area (Å²) in [4.78, 5) is 15.1. The molecule has 1 spiro atoms. The molecule has 0 aromatic heterocycles. The molecule has 1 amide bonds. The van der Waals surface area contributed by atoms with Crippen LogP contribution in [0, 0.1) is 11.2 Å². The first-order chi connectivity index (χ1) is 10.4. The third-order valence-corrected chi connectivity index (χ3v) is 5.21. The first-order valence-corrected chi connectivity index (χ1v) is 8.13. The standard InChI is InChI=1S/C18H25FN2O/c1-17(2,3)21-11-14(13-7-4-5-8-15(13)19)18(16(21)22)9-6-10-20-12-18/h4-5,7-8,14,20H,6,9-12H2,1-3H3/t14-,18+/m1/s1. The monoisotopic (exact) mass is 304 g/mol. The molecule has 1 aromatic carbocycles. The van der Waals surface area contributed by atoms with Gasteiger partial charge in [0.2, 0.25) is 5.91 Å². The maximum Gasteiger partial charge on any atom is 0.231 e. The molecule has 3 rings (SSSR count). The SMILES string of the molecule is CC(C)(C)N1C[C@H](c2ccccc2F)[C@@]2(CCCNC2)C1=O. The molecule has 1 aromatic rings. The van der Waals surface area contributed by atoms with Gasteiger partial charge in [-0.05, 0) is 51.8 Å². The summed E-state index contributed by atoms with van der Waals surface area (Å²) in [6.45, 7) is 8.35. The molecule has 1 N–H and O–H groups in total. The van der Waals surface area contributed by atoms with E-state index in [1.54, 1.807) is 6.07 Å². The molecule has 2 aliphatic rings. The quantitative estimate of drug-likeness (QED) is 0.865. The van der Waals surface area contributed by atoms with Crippen LogP contribution in [0.3, 0.4) is 0 Å². The molecule has 0 saturated carbocycles. The fourth-order valence-electron chi connectivity index (χ4n) is 4.00. The zero-order valence-electron chi connectivity index (χ0n) is 13.7. The number of piperidine rings is 1. The van der Waals surface area contributed by atoms with Crippen molar-refractivity contribution in [3.63, 3.8) is 0 Å². The van der Waals surface area contributed by atoms with Crippen molar-refractivity contribution in [1.82, 2.24) is 10.2 Å². The average Bonchev–Trinajstić information content (AvgIpc) is 2.74. The summed E-state index contributed by atoms with van der Waals surface area (Å²) in [6, 6.07) is 6.93. The Hall–Kier alpha value is -1.42. The van der Waals surface area contributed by atoms with Crippen molar-refractivity contribution in [3.05, 3.63) is 35.6 Å². The average molecular weight is 304 g/mol. The molecule has 3 nitrogen and oxygen atoms in total. The maximum absolute atomic E-state index is 14.4. The van der Waals surface area contributed by atoms with Gasteiger partial charge in [0.1, 0.15) is 5.82 Å². The van der Waals surface area contributed by atoms with Crippen molar-refractivity contribution in [2.45, 2.75) is 45.1 Å². The predicted octanol–water partition coefficient (Wildman–Crippen LogP) is 2.92. The molecule has 2 atom stereocenters. The van der Waals surface area contributed by atoms with Crippen molar-refractivity contribution in [3.8, 4) is 0 Å². The van der Waals surface area contributed by atoms with Gasteiger partial charge in [-0.2, -0.15) is 0 Å². The van der Waals surface area contributed by atoms with Crippen LogP contribution in [0.1, 0.15) is 45.1 Å². The molecule has 120 valence electrons. The second-order valence-electron chi connectivity index (χ2n) is 7.60. The van der Waals surface area contributed by atoms with Crippen LogP contribution in [0.15, 0.2) is 24.3 Å². The third-order valence-electron chi connectivity index (χ3n) is 5.21. The fraction of sp³-hybridized carbons (Fsp3) is 0.611. The predicted molar refractivity (Wildman–Crippen MR) is 85.1 cm³/mol. The lowest BCUT2D eigenvalue weighted by Crippen LogP contribution is -2.50. The Morgan fingerprint density at radius 2 is 2.05 bits per heavy atom. The van der Waals surface area contributed by atoms with Crippen LogP contribution in [0.25, 0.3) is 0 Å². The number of nitrogens with one attached hydrogen (secondary N) is 1. The molecule has 4 heteroatoms. The van der Waals surface area contributed by atoms with E-state index < -0.39 is 5.41 Å². The minimum Gasteiger partial charge on any atom is -0.337 e. The Bertz CT molecular complexity index is 573. The van der Waals surface area contributed by atoms with Gasteiger partial charge in [0.05, 0.1) is 5.41 Å². The Kier molecular flexibility index (Phi) is 3.76. The van der Waals surface area contributed by atoms with Gasteiger partial charge in [-0.25, -0.2) is 4.39 Å². The lowest BCUT2D eigenvalue weighted by molar-refractivity contribution is -0.141.